The van der Waals surface area contributed by atoms with Gasteiger partial charge in [0, 0.05) is 17.7 Å². The number of aromatic nitrogens is 3. The second kappa shape index (κ2) is 14.0. The van der Waals surface area contributed by atoms with Crippen molar-refractivity contribution in [1.29, 1.82) is 0 Å². The van der Waals surface area contributed by atoms with Crippen molar-refractivity contribution < 1.29 is 22.7 Å². The van der Waals surface area contributed by atoms with Gasteiger partial charge in [0.2, 0.25) is 11.0 Å². The van der Waals surface area contributed by atoms with Gasteiger partial charge in [-0.15, -0.1) is 5.10 Å². The minimum absolute atomic E-state index is 0.0788. The van der Waals surface area contributed by atoms with E-state index in [2.05, 4.69) is 39.8 Å². The number of amidine groups is 1. The number of benzene rings is 3. The second-order valence-electron chi connectivity index (χ2n) is 11.0. The van der Waals surface area contributed by atoms with E-state index in [-0.39, 0.29) is 22.8 Å². The smallest absolute Gasteiger partial charge is 0.416 e. The van der Waals surface area contributed by atoms with Crippen LogP contribution in [0.2, 0.25) is 0 Å². The normalized spacial score (nSPS) is 15.1. The van der Waals surface area contributed by atoms with Crippen LogP contribution in [-0.2, 0) is 17.4 Å². The highest BCUT2D eigenvalue weighted by Gasteiger charge is 2.32. The van der Waals surface area contributed by atoms with Crippen molar-refractivity contribution in [2.24, 2.45) is 10.9 Å². The fourth-order valence-corrected chi connectivity index (χ4v) is 5.85. The van der Waals surface area contributed by atoms with Crippen molar-refractivity contribution in [2.45, 2.75) is 39.4 Å². The molecule has 0 radical (unpaired) electrons. The highest BCUT2D eigenvalue weighted by atomic mass is 32.2. The van der Waals surface area contributed by atoms with Gasteiger partial charge in [0.05, 0.1) is 29.8 Å². The van der Waals surface area contributed by atoms with Crippen molar-refractivity contribution in [3.63, 3.8) is 0 Å². The zero-order chi connectivity index (χ0) is 33.0. The maximum Gasteiger partial charge on any atom is 0.416 e. The Morgan fingerprint density at radius 3 is 2.46 bits per heavy atom. The van der Waals surface area contributed by atoms with Gasteiger partial charge in [-0.25, -0.2) is 15.1 Å². The summed E-state index contributed by atoms with van der Waals surface area (Å²) in [6, 6.07) is 17.8. The fourth-order valence-electron chi connectivity index (χ4n) is 4.78. The monoisotopic (exact) mass is 667 g/mol. The van der Waals surface area contributed by atoms with Crippen molar-refractivity contribution in [2.75, 3.05) is 17.8 Å². The quantitative estimate of drug-likeness (QED) is 0.150. The fraction of sp³-hybridized carbons (Fsp3) is 0.281. The standard InChI is InChI=1S/C32H32F3N7O2S2/c1-19(2)15-23-9-14-26(44-4)16-27(23)42-28(43)17-46-31(42)37-30(45)39-38-20(3)21-5-7-22(8-6-21)29-36-18-41(40-29)25-12-10-24(11-13-25)32(33,34)35/h5-14,16,18-20,38H,15,17H2,1-4H3,(H,39,45). The summed E-state index contributed by atoms with van der Waals surface area (Å²) >= 11 is 6.82. The number of aliphatic imine (C=N–C) groups is 1. The molecule has 240 valence electrons. The Morgan fingerprint density at radius 2 is 1.80 bits per heavy atom. The van der Waals surface area contributed by atoms with Crippen LogP contribution in [0.3, 0.4) is 0 Å². The zero-order valence-corrected chi connectivity index (χ0v) is 27.1. The number of methoxy groups -OCH3 is 1. The topological polar surface area (TPSA) is 96.7 Å². The third kappa shape index (κ3) is 7.74. The first-order valence-corrected chi connectivity index (χ1v) is 15.8. The molecule has 5 rings (SSSR count). The van der Waals surface area contributed by atoms with E-state index in [1.54, 1.807) is 12.0 Å². The molecule has 1 amide bonds. The van der Waals surface area contributed by atoms with E-state index >= 15 is 0 Å². The lowest BCUT2D eigenvalue weighted by Crippen LogP contribution is -2.38. The van der Waals surface area contributed by atoms with Crippen LogP contribution in [0.15, 0.2) is 78.0 Å². The molecule has 1 aromatic heterocycles. The molecule has 1 fully saturated rings. The molecule has 0 saturated carbocycles. The number of amides is 1. The molecule has 46 heavy (non-hydrogen) atoms. The van der Waals surface area contributed by atoms with E-state index in [1.165, 1.54) is 34.9 Å². The number of rotatable bonds is 9. The van der Waals surface area contributed by atoms with E-state index in [4.69, 9.17) is 17.0 Å². The van der Waals surface area contributed by atoms with E-state index in [0.717, 1.165) is 40.9 Å². The van der Waals surface area contributed by atoms with Gasteiger partial charge in [0.15, 0.2) is 11.0 Å². The van der Waals surface area contributed by atoms with Gasteiger partial charge >= 0.3 is 6.18 Å². The Morgan fingerprint density at radius 1 is 1.09 bits per heavy atom. The number of hydrogen-bond acceptors (Lipinski definition) is 7. The van der Waals surface area contributed by atoms with Gasteiger partial charge in [-0.2, -0.15) is 18.2 Å². The van der Waals surface area contributed by atoms with E-state index in [9.17, 15) is 18.0 Å². The summed E-state index contributed by atoms with van der Waals surface area (Å²) in [6.07, 6.45) is -2.16. The molecular weight excluding hydrogens is 636 g/mol. The SMILES string of the molecule is COc1ccc(CC(C)C)c(N2C(=O)CSC2=NC(=S)NNC(C)c2ccc(-c3ncn(-c4ccc(C(F)(F)F)cc4)n3)cc2)c1. The Labute approximate surface area is 274 Å². The Hall–Kier alpha value is -4.27. The van der Waals surface area contributed by atoms with Gasteiger partial charge < -0.3 is 4.74 Å². The summed E-state index contributed by atoms with van der Waals surface area (Å²) in [6.45, 7) is 6.20. The van der Waals surface area contributed by atoms with Gasteiger partial charge in [-0.3, -0.25) is 15.1 Å². The second-order valence-corrected chi connectivity index (χ2v) is 12.3. The number of nitrogens with one attached hydrogen (secondary N) is 2. The lowest BCUT2D eigenvalue weighted by Gasteiger charge is -2.22. The first kappa shape index (κ1) is 33.1. The molecule has 14 heteroatoms. The van der Waals surface area contributed by atoms with Crippen LogP contribution in [0.4, 0.5) is 18.9 Å². The van der Waals surface area contributed by atoms with Crippen LogP contribution in [-0.4, -0.2) is 43.8 Å². The van der Waals surface area contributed by atoms with Gasteiger partial charge in [-0.05, 0) is 72.9 Å². The molecule has 3 aromatic carbocycles. The number of anilines is 1. The van der Waals surface area contributed by atoms with Crippen molar-refractivity contribution >= 4 is 45.9 Å². The first-order chi connectivity index (χ1) is 21.9. The highest BCUT2D eigenvalue weighted by molar-refractivity contribution is 8.15. The number of alkyl halides is 3. The molecule has 1 aliphatic rings. The molecule has 2 N–H and O–H groups in total. The average Bonchev–Trinajstić information content (AvgIpc) is 3.67. The number of thioether (sulfide) groups is 1. The summed E-state index contributed by atoms with van der Waals surface area (Å²) in [5, 5.41) is 5.08. The number of nitrogens with zero attached hydrogens (tertiary/aromatic N) is 5. The van der Waals surface area contributed by atoms with Crippen LogP contribution in [0.5, 0.6) is 5.75 Å². The third-order valence-corrected chi connectivity index (χ3v) is 8.26. The number of carbonyl (C=O) groups is 1. The number of hydrogen-bond donors (Lipinski definition) is 2. The minimum atomic E-state index is -4.40. The summed E-state index contributed by atoms with van der Waals surface area (Å²) in [5.41, 5.74) is 9.30. The summed E-state index contributed by atoms with van der Waals surface area (Å²) in [4.78, 5) is 23.4. The molecule has 1 saturated heterocycles. The van der Waals surface area contributed by atoms with Crippen LogP contribution < -0.4 is 20.5 Å². The van der Waals surface area contributed by atoms with Crippen molar-refractivity contribution in [3.05, 3.63) is 89.7 Å². The number of thiocarbonyl (C=S) groups is 1. The lowest BCUT2D eigenvalue weighted by atomic mass is 10.0. The Kier molecular flexibility index (Phi) is 10.1. The largest absolute Gasteiger partial charge is 0.497 e. The Bertz CT molecular complexity index is 1740. The first-order valence-electron chi connectivity index (χ1n) is 14.4. The zero-order valence-electron chi connectivity index (χ0n) is 25.5. The van der Waals surface area contributed by atoms with E-state index in [1.807, 2.05) is 49.4 Å². The van der Waals surface area contributed by atoms with Crippen molar-refractivity contribution in [3.8, 4) is 22.8 Å². The molecule has 0 aliphatic carbocycles. The van der Waals surface area contributed by atoms with Crippen LogP contribution in [0.1, 0.15) is 43.5 Å². The number of halogens is 3. The molecule has 0 spiro atoms. The summed E-state index contributed by atoms with van der Waals surface area (Å²) < 4.78 is 45.5. The number of carbonyl (C=O) groups excluding carboxylic acids is 1. The maximum absolute atomic E-state index is 13.0. The third-order valence-electron chi connectivity index (χ3n) is 7.14. The van der Waals surface area contributed by atoms with E-state index in [0.29, 0.717) is 28.3 Å². The molecule has 4 aromatic rings. The van der Waals surface area contributed by atoms with Crippen molar-refractivity contribution in [1.82, 2.24) is 25.6 Å². The van der Waals surface area contributed by atoms with Gasteiger partial charge in [0.1, 0.15) is 12.1 Å². The molecular formula is C32H32F3N7O2S2. The predicted molar refractivity (Wildman–Crippen MR) is 178 cm³/mol. The number of ether oxygens (including phenoxy) is 1. The summed E-state index contributed by atoms with van der Waals surface area (Å²) in [7, 11) is 1.59. The average molecular weight is 668 g/mol. The van der Waals surface area contributed by atoms with Gasteiger partial charge in [0.25, 0.3) is 0 Å². The van der Waals surface area contributed by atoms with Gasteiger partial charge in [-0.1, -0.05) is 55.9 Å². The lowest BCUT2D eigenvalue weighted by molar-refractivity contribution is -0.137. The number of hydrazine groups is 1. The predicted octanol–water partition coefficient (Wildman–Crippen LogP) is 6.74. The Balaban J connectivity index is 1.22. The molecule has 1 atom stereocenters. The highest BCUT2D eigenvalue weighted by Crippen LogP contribution is 2.34. The minimum Gasteiger partial charge on any atom is -0.497 e. The van der Waals surface area contributed by atoms with Crippen LogP contribution >= 0.6 is 24.0 Å². The summed E-state index contributed by atoms with van der Waals surface area (Å²) in [5.74, 6) is 1.65. The molecule has 2 heterocycles. The molecule has 1 aliphatic heterocycles. The maximum atomic E-state index is 13.0. The molecule has 9 nitrogen and oxygen atoms in total. The molecule has 0 bridgehead atoms. The van der Waals surface area contributed by atoms with Crippen LogP contribution in [0.25, 0.3) is 17.1 Å². The molecule has 1 unspecified atom stereocenters. The van der Waals surface area contributed by atoms with Crippen LogP contribution in [0, 0.1) is 5.92 Å². The van der Waals surface area contributed by atoms with E-state index < -0.39 is 11.7 Å².